The lowest BCUT2D eigenvalue weighted by Gasteiger charge is -2.43. The molecule has 2 aliphatic rings. The van der Waals surface area contributed by atoms with E-state index in [0.29, 0.717) is 28.7 Å². The van der Waals surface area contributed by atoms with Gasteiger partial charge in [0.15, 0.2) is 0 Å². The third-order valence-corrected chi connectivity index (χ3v) is 8.26. The van der Waals surface area contributed by atoms with Crippen molar-refractivity contribution >= 4 is 36.3 Å². The highest BCUT2D eigenvalue weighted by Crippen LogP contribution is 2.41. The first-order chi connectivity index (χ1) is 13.4. The molecule has 1 saturated heterocycles. The summed E-state index contributed by atoms with van der Waals surface area (Å²) in [5, 5.41) is 4.39. The number of hydrogen-bond acceptors (Lipinski definition) is 5. The van der Waals surface area contributed by atoms with Crippen LogP contribution >= 0.6 is 9.24 Å². The molecular formula is C20H32N3O4PS. The minimum absolute atomic E-state index is 0.0716. The Bertz CT molecular complexity index is 919. The molecule has 2 fully saturated rings. The fourth-order valence-corrected chi connectivity index (χ4v) is 6.56. The van der Waals surface area contributed by atoms with Gasteiger partial charge in [-0.05, 0) is 54.6 Å². The molecule has 1 saturated carbocycles. The Morgan fingerprint density at radius 2 is 1.93 bits per heavy atom. The maximum Gasteiger partial charge on any atom is 0.329 e. The van der Waals surface area contributed by atoms with Crippen LogP contribution in [-0.2, 0) is 21.5 Å². The molecule has 7 nitrogen and oxygen atoms in total. The summed E-state index contributed by atoms with van der Waals surface area (Å²) >= 11 is 0. The van der Waals surface area contributed by atoms with Gasteiger partial charge in [-0.3, -0.25) is 4.79 Å². The number of hydrogen-bond donors (Lipinski definition) is 1. The molecule has 1 heterocycles. The van der Waals surface area contributed by atoms with E-state index in [9.17, 15) is 13.2 Å². The third kappa shape index (κ3) is 4.39. The molecule has 0 spiro atoms. The van der Waals surface area contributed by atoms with Gasteiger partial charge < -0.3 is 10.1 Å². The number of carbonyl (C=O) groups is 1. The lowest BCUT2D eigenvalue weighted by Crippen LogP contribution is -2.47. The van der Waals surface area contributed by atoms with Gasteiger partial charge in [-0.1, -0.05) is 20.3 Å². The van der Waals surface area contributed by atoms with E-state index < -0.39 is 16.1 Å². The number of amides is 1. The smallest absolute Gasteiger partial charge is 0.329 e. The summed E-state index contributed by atoms with van der Waals surface area (Å²) in [7, 11) is 1.49. The molecule has 1 aromatic rings. The van der Waals surface area contributed by atoms with Crippen molar-refractivity contribution in [3.63, 3.8) is 0 Å². The predicted molar refractivity (Wildman–Crippen MR) is 119 cm³/mol. The van der Waals surface area contributed by atoms with E-state index in [1.165, 1.54) is 27.0 Å². The van der Waals surface area contributed by atoms with E-state index in [1.807, 2.05) is 12.1 Å². The molecule has 162 valence electrons. The second-order valence-electron chi connectivity index (χ2n) is 9.22. The number of rotatable bonds is 5. The van der Waals surface area contributed by atoms with Crippen LogP contribution in [0.4, 0.5) is 5.69 Å². The standard InChI is InChI=1S/C20H32N3O4PS/c1-19(2)7-6-8-20(3,13-19)21-11-14-9-15(27-5)18(16(28)10-14)23-12-17(24)22(4)29(23,25)26/h9-10,21H,6-8,11-13,28H2,1-5H3/t20-/m1/s1. The minimum Gasteiger partial charge on any atom is -0.495 e. The maximum absolute atomic E-state index is 12.6. The number of anilines is 1. The van der Waals surface area contributed by atoms with Crippen LogP contribution in [-0.4, -0.2) is 44.9 Å². The third-order valence-electron chi connectivity index (χ3n) is 6.06. The van der Waals surface area contributed by atoms with Crippen molar-refractivity contribution in [2.45, 2.75) is 58.5 Å². The SMILES string of the molecule is COc1cc(CN[C@]2(C)CCCC(C)(C)C2)cc(P)c1N1CC(=O)N(C)S1(=O)=O. The van der Waals surface area contributed by atoms with Crippen LogP contribution in [0.2, 0.25) is 0 Å². The highest BCUT2D eigenvalue weighted by Gasteiger charge is 2.42. The number of carbonyl (C=O) groups excluding carboxylic acids is 1. The molecule has 9 heteroatoms. The van der Waals surface area contributed by atoms with Crippen molar-refractivity contribution in [2.75, 3.05) is 25.0 Å². The van der Waals surface area contributed by atoms with Crippen molar-refractivity contribution in [3.8, 4) is 5.75 Å². The molecule has 29 heavy (non-hydrogen) atoms. The van der Waals surface area contributed by atoms with E-state index in [2.05, 4.69) is 35.3 Å². The van der Waals surface area contributed by atoms with E-state index in [1.54, 1.807) is 0 Å². The topological polar surface area (TPSA) is 79.0 Å². The number of nitrogens with zero attached hydrogens (tertiary/aromatic N) is 2. The maximum atomic E-state index is 12.6. The Morgan fingerprint density at radius 3 is 2.48 bits per heavy atom. The van der Waals surface area contributed by atoms with Gasteiger partial charge in [-0.2, -0.15) is 8.42 Å². The molecule has 3 rings (SSSR count). The second kappa shape index (κ2) is 7.71. The molecule has 1 unspecified atom stereocenters. The summed E-state index contributed by atoms with van der Waals surface area (Å²) in [5.41, 5.74) is 1.80. The van der Waals surface area contributed by atoms with Gasteiger partial charge in [0.25, 0.3) is 5.91 Å². The van der Waals surface area contributed by atoms with Gasteiger partial charge in [0, 0.05) is 19.1 Å². The summed E-state index contributed by atoms with van der Waals surface area (Å²) in [5.74, 6) is -0.0230. The van der Waals surface area contributed by atoms with E-state index >= 15 is 0 Å². The van der Waals surface area contributed by atoms with E-state index in [0.717, 1.165) is 27.0 Å². The zero-order valence-corrected chi connectivity index (χ0v) is 19.9. The minimum atomic E-state index is -3.88. The highest BCUT2D eigenvalue weighted by molar-refractivity contribution is 7.91. The molecule has 1 amide bonds. The molecule has 0 bridgehead atoms. The average Bonchev–Trinajstić information content (AvgIpc) is 2.81. The molecule has 1 aliphatic heterocycles. The van der Waals surface area contributed by atoms with Gasteiger partial charge in [0.1, 0.15) is 18.0 Å². The first-order valence-corrected chi connectivity index (χ1v) is 11.9. The van der Waals surface area contributed by atoms with Crippen LogP contribution in [0.3, 0.4) is 0 Å². The van der Waals surface area contributed by atoms with Crippen LogP contribution < -0.4 is 19.7 Å². The van der Waals surface area contributed by atoms with Crippen LogP contribution in [0.15, 0.2) is 12.1 Å². The Balaban J connectivity index is 1.85. The monoisotopic (exact) mass is 441 g/mol. The normalized spacial score (nSPS) is 26.1. The first kappa shape index (κ1) is 22.3. The van der Waals surface area contributed by atoms with Gasteiger partial charge >= 0.3 is 10.2 Å². The number of methoxy groups -OCH3 is 1. The van der Waals surface area contributed by atoms with Crippen LogP contribution in [0.25, 0.3) is 0 Å². The van der Waals surface area contributed by atoms with Crippen molar-refractivity contribution in [1.82, 2.24) is 9.62 Å². The molecular weight excluding hydrogens is 409 g/mol. The first-order valence-electron chi connectivity index (χ1n) is 9.89. The molecule has 0 aromatic heterocycles. The van der Waals surface area contributed by atoms with Crippen molar-refractivity contribution in [3.05, 3.63) is 17.7 Å². The zero-order valence-electron chi connectivity index (χ0n) is 17.9. The van der Waals surface area contributed by atoms with Gasteiger partial charge in [0.05, 0.1) is 7.11 Å². The zero-order chi connectivity index (χ0) is 21.6. The summed E-state index contributed by atoms with van der Waals surface area (Å²) < 4.78 is 32.6. The van der Waals surface area contributed by atoms with Gasteiger partial charge in [0.2, 0.25) is 0 Å². The average molecular weight is 442 g/mol. The van der Waals surface area contributed by atoms with Gasteiger partial charge in [-0.15, -0.1) is 9.24 Å². The van der Waals surface area contributed by atoms with Crippen LogP contribution in [0.1, 0.15) is 52.0 Å². The Morgan fingerprint density at radius 1 is 1.24 bits per heavy atom. The molecule has 1 aromatic carbocycles. The van der Waals surface area contributed by atoms with Crippen molar-refractivity contribution < 1.29 is 17.9 Å². The van der Waals surface area contributed by atoms with E-state index in [-0.39, 0.29) is 12.1 Å². The van der Waals surface area contributed by atoms with E-state index in [4.69, 9.17) is 4.74 Å². The van der Waals surface area contributed by atoms with Crippen molar-refractivity contribution in [2.24, 2.45) is 5.41 Å². The lowest BCUT2D eigenvalue weighted by atomic mass is 9.69. The number of nitrogens with one attached hydrogen (secondary N) is 1. The lowest BCUT2D eigenvalue weighted by molar-refractivity contribution is -0.123. The number of likely N-dealkylation sites (N-methyl/N-ethyl adjacent to an activating group) is 1. The fourth-order valence-electron chi connectivity index (χ4n) is 4.64. The molecule has 2 atom stereocenters. The van der Waals surface area contributed by atoms with Gasteiger partial charge in [-0.25, -0.2) is 8.61 Å². The highest BCUT2D eigenvalue weighted by atomic mass is 32.2. The summed E-state index contributed by atoms with van der Waals surface area (Å²) in [6, 6.07) is 3.79. The molecule has 0 radical (unpaired) electrons. The summed E-state index contributed by atoms with van der Waals surface area (Å²) in [6.45, 7) is 7.36. The summed E-state index contributed by atoms with van der Waals surface area (Å²) in [4.78, 5) is 12.0. The number of benzene rings is 1. The van der Waals surface area contributed by atoms with Crippen LogP contribution in [0, 0.1) is 5.41 Å². The Labute approximate surface area is 176 Å². The molecule has 1 N–H and O–H groups in total. The van der Waals surface area contributed by atoms with Crippen LogP contribution in [0.5, 0.6) is 5.75 Å². The van der Waals surface area contributed by atoms with Crippen molar-refractivity contribution in [1.29, 1.82) is 0 Å². The summed E-state index contributed by atoms with van der Waals surface area (Å²) in [6.07, 6.45) is 4.71. The number of ether oxygens (including phenoxy) is 1. The Kier molecular flexibility index (Phi) is 5.93. The predicted octanol–water partition coefficient (Wildman–Crippen LogP) is 2.17. The molecule has 1 aliphatic carbocycles. The quantitative estimate of drug-likeness (QED) is 0.709. The Hall–Kier alpha value is -1.37. The fraction of sp³-hybridized carbons (Fsp3) is 0.650. The largest absolute Gasteiger partial charge is 0.495 e. The second-order valence-corrected chi connectivity index (χ2v) is 11.7.